The van der Waals surface area contributed by atoms with Crippen LogP contribution in [0.15, 0.2) is 18.3 Å². The van der Waals surface area contributed by atoms with Crippen LogP contribution in [0.4, 0.5) is 0 Å². The third kappa shape index (κ3) is 9.79. The van der Waals surface area contributed by atoms with Crippen LogP contribution in [0.1, 0.15) is 41.0 Å². The van der Waals surface area contributed by atoms with Crippen molar-refractivity contribution in [1.29, 1.82) is 0 Å². The molecule has 0 aromatic carbocycles. The maximum atomic E-state index is 6.01. The Hall–Kier alpha value is 0.560. The van der Waals surface area contributed by atoms with Crippen LogP contribution in [0.2, 0.25) is 0 Å². The molecule has 0 radical (unpaired) electrons. The Morgan fingerprint density at radius 2 is 0.558 bits per heavy atom. The molecule has 0 spiro atoms. The van der Waals surface area contributed by atoms with Gasteiger partial charge in [-0.1, -0.05) is 20.8 Å². The fraction of sp³-hybridized carbons (Fsp3) is 1.00. The van der Waals surface area contributed by atoms with Crippen molar-refractivity contribution in [2.24, 2.45) is 23.7 Å². The predicted molar refractivity (Wildman–Crippen MR) is 199 cm³/mol. The molecule has 0 saturated heterocycles. The molecule has 0 rings (SSSR count). The molecule has 17 heteroatoms. The topological polar surface area (TPSA) is 78.6 Å². The number of rotatable bonds is 14. The molecule has 0 saturated carbocycles. The summed E-state index contributed by atoms with van der Waals surface area (Å²) in [5.41, 5.74) is -0.405. The molecule has 13 nitrogen and oxygen atoms in total. The molecule has 0 aromatic rings. The lowest BCUT2D eigenvalue weighted by Crippen LogP contribution is -2.32. The smallest absolute Gasteiger partial charge is 0.252 e. The molecular weight excluding hydrogens is 618 g/mol. The molecule has 0 fully saturated rings. The molecule has 43 heavy (non-hydrogen) atoms. The van der Waals surface area contributed by atoms with Gasteiger partial charge < -0.3 is 0 Å². The van der Waals surface area contributed by atoms with E-state index in [1.54, 1.807) is 0 Å². The predicted octanol–water partition coefficient (Wildman–Crippen LogP) is 7.04. The molecule has 260 valence electrons. The fourth-order valence-corrected chi connectivity index (χ4v) is 25.0. The van der Waals surface area contributed by atoms with Crippen molar-refractivity contribution in [3.8, 4) is 0 Å². The van der Waals surface area contributed by atoms with Gasteiger partial charge in [0, 0.05) is 0 Å². The molecule has 0 unspecified atom stereocenters. The molecular formula is C26H71N13P4. The van der Waals surface area contributed by atoms with Crippen molar-refractivity contribution >= 4 is 30.0 Å². The fourth-order valence-electron chi connectivity index (χ4n) is 6.23. The van der Waals surface area contributed by atoms with E-state index in [4.69, 9.17) is 18.3 Å². The van der Waals surface area contributed by atoms with Gasteiger partial charge in [0.05, 0.1) is 5.54 Å². The normalized spacial score (nSPS) is 15.0. The van der Waals surface area contributed by atoms with Crippen LogP contribution in [0.5, 0.6) is 0 Å². The zero-order valence-electron chi connectivity index (χ0n) is 32.3. The first kappa shape index (κ1) is 43.6. The summed E-state index contributed by atoms with van der Waals surface area (Å²) in [4.78, 5) is 0. The molecule has 0 atom stereocenters. The minimum absolute atomic E-state index is 0.0489. The summed E-state index contributed by atoms with van der Waals surface area (Å²) >= 11 is 0. The second-order valence-electron chi connectivity index (χ2n) is 14.7. The lowest BCUT2D eigenvalue weighted by Gasteiger charge is -2.46. The Bertz CT molecular complexity index is 929. The van der Waals surface area contributed by atoms with Crippen molar-refractivity contribution in [3.05, 3.63) is 0 Å². The van der Waals surface area contributed by atoms with E-state index in [2.05, 4.69) is 204 Å². The van der Waals surface area contributed by atoms with E-state index in [-0.39, 0.29) is 5.41 Å². The van der Waals surface area contributed by atoms with E-state index in [0.717, 1.165) is 6.42 Å². The highest BCUT2D eigenvalue weighted by Crippen LogP contribution is 2.78. The Labute approximate surface area is 268 Å². The van der Waals surface area contributed by atoms with Gasteiger partial charge in [0.1, 0.15) is 0 Å². The van der Waals surface area contributed by atoms with Gasteiger partial charge in [-0.15, -0.1) is 0 Å². The SMILES string of the molecule is CN(C)P(=NP(=NC(C)(C)CC(C)(C)C)(N=P(N(C)C)(N(C)C)N(C)C)N=P(N(C)C)(N(C)C)N(C)C)(N(C)C)N(C)C. The van der Waals surface area contributed by atoms with Crippen LogP contribution in [0.3, 0.4) is 0 Å². The summed E-state index contributed by atoms with van der Waals surface area (Å²) in [6.07, 6.45) is 0.869. The Morgan fingerprint density at radius 3 is 0.698 bits per heavy atom. The molecule has 0 heterocycles. The summed E-state index contributed by atoms with van der Waals surface area (Å²) in [5, 5.41) is 0. The highest BCUT2D eigenvalue weighted by atomic mass is 31.3. The zero-order chi connectivity index (χ0) is 34.7. The van der Waals surface area contributed by atoms with Crippen molar-refractivity contribution in [3.63, 3.8) is 0 Å². The first-order valence-electron chi connectivity index (χ1n) is 14.7. The van der Waals surface area contributed by atoms with E-state index in [1.165, 1.54) is 0 Å². The minimum Gasteiger partial charge on any atom is -0.252 e. The van der Waals surface area contributed by atoms with Crippen LogP contribution in [0.25, 0.3) is 0 Å². The van der Waals surface area contributed by atoms with Crippen molar-refractivity contribution < 1.29 is 0 Å². The van der Waals surface area contributed by atoms with Gasteiger partial charge in [0.2, 0.25) is 0 Å². The van der Waals surface area contributed by atoms with Gasteiger partial charge in [0.15, 0.2) is 22.5 Å². The number of hydrogen-bond acceptors (Lipinski definition) is 1. The van der Waals surface area contributed by atoms with Gasteiger partial charge in [-0.2, -0.15) is 13.5 Å². The molecule has 0 amide bonds. The van der Waals surface area contributed by atoms with E-state index in [0.29, 0.717) is 0 Å². The van der Waals surface area contributed by atoms with Crippen molar-refractivity contribution in [2.75, 3.05) is 127 Å². The van der Waals surface area contributed by atoms with Crippen LogP contribution >= 0.6 is 30.0 Å². The molecule has 0 aliphatic carbocycles. The van der Waals surface area contributed by atoms with Crippen LogP contribution in [-0.4, -0.2) is 174 Å². The molecule has 0 aromatic heterocycles. The molecule has 0 aliphatic heterocycles. The second-order valence-corrected chi connectivity index (χ2v) is 28.5. The zero-order valence-corrected chi connectivity index (χ0v) is 35.9. The summed E-state index contributed by atoms with van der Waals surface area (Å²) in [6, 6.07) is 0. The molecule has 0 aliphatic rings. The van der Waals surface area contributed by atoms with Crippen LogP contribution in [0, 0.1) is 5.41 Å². The average Bonchev–Trinajstić information content (AvgIpc) is 2.75. The maximum Gasteiger partial charge on any atom is 0.306 e. The first-order valence-corrected chi connectivity index (χ1v) is 21.1. The quantitative estimate of drug-likeness (QED) is 0.179. The second kappa shape index (κ2) is 15.6. The van der Waals surface area contributed by atoms with Crippen molar-refractivity contribution in [2.45, 2.75) is 46.6 Å². The summed E-state index contributed by atoms with van der Waals surface area (Å²) in [6.45, 7) is 11.3. The maximum absolute atomic E-state index is 6.01. The first-order chi connectivity index (χ1) is 19.0. The lowest BCUT2D eigenvalue weighted by atomic mass is 9.82. The third-order valence-corrected chi connectivity index (χ3v) is 23.1. The van der Waals surface area contributed by atoms with E-state index in [1.807, 2.05) is 0 Å². The van der Waals surface area contributed by atoms with Crippen LogP contribution in [-0.2, 0) is 0 Å². The largest absolute Gasteiger partial charge is 0.306 e. The number of hydrogen-bond donors (Lipinski definition) is 0. The van der Waals surface area contributed by atoms with Gasteiger partial charge in [-0.25, -0.2) is 4.74 Å². The summed E-state index contributed by atoms with van der Waals surface area (Å²) < 4.78 is 44.2. The molecule has 0 bridgehead atoms. The highest BCUT2D eigenvalue weighted by molar-refractivity contribution is 7.80. The van der Waals surface area contributed by atoms with E-state index >= 15 is 0 Å². The third-order valence-electron chi connectivity index (χ3n) is 6.92. The van der Waals surface area contributed by atoms with Gasteiger partial charge in [-0.3, -0.25) is 42.0 Å². The van der Waals surface area contributed by atoms with Crippen LogP contribution < -0.4 is 0 Å². The highest BCUT2D eigenvalue weighted by Gasteiger charge is 2.43. The Kier molecular flexibility index (Phi) is 15.8. The minimum atomic E-state index is -3.28. The lowest BCUT2D eigenvalue weighted by molar-refractivity contribution is 0.290. The number of nitrogens with zero attached hydrogens (tertiary/aromatic N) is 13. The Morgan fingerprint density at radius 1 is 0.372 bits per heavy atom. The monoisotopic (exact) mass is 689 g/mol. The summed E-state index contributed by atoms with van der Waals surface area (Å²) in [7, 11) is 27.3. The average molecular weight is 690 g/mol. The van der Waals surface area contributed by atoms with Gasteiger partial charge in [0.25, 0.3) is 0 Å². The summed E-state index contributed by atoms with van der Waals surface area (Å²) in [5.74, 6) is 0. The standard InChI is InChI=1S/C26H71N13P4/c1-25(2,3)24-26(4,5)27-40(28-41(31(6)7,32(8)9)33(10)11,29-42(34(12)13,35(14)15)36(16)17)30-43(37(18)19,38(20)21)39(22)23/h24H2,1-23H3. The van der Waals surface area contributed by atoms with E-state index < -0.39 is 35.6 Å². The molecule has 0 N–H and O–H groups in total. The van der Waals surface area contributed by atoms with E-state index in [9.17, 15) is 0 Å². The van der Waals surface area contributed by atoms with Gasteiger partial charge in [-0.05, 0) is 153 Å². The van der Waals surface area contributed by atoms with Gasteiger partial charge >= 0.3 is 7.51 Å². The van der Waals surface area contributed by atoms with Crippen molar-refractivity contribution in [1.82, 2.24) is 42.0 Å². The Balaban J connectivity index is 9.74.